The van der Waals surface area contributed by atoms with Gasteiger partial charge in [-0.3, -0.25) is 14.9 Å². The Hall–Kier alpha value is -4.94. The number of halogens is 4. The van der Waals surface area contributed by atoms with Crippen molar-refractivity contribution in [2.24, 2.45) is 0 Å². The van der Waals surface area contributed by atoms with Crippen LogP contribution in [0.3, 0.4) is 0 Å². The summed E-state index contributed by atoms with van der Waals surface area (Å²) in [4.78, 5) is 30.0. The molecule has 0 saturated carbocycles. The fraction of sp³-hybridized carbons (Fsp3) is 0.154. The Morgan fingerprint density at radius 3 is 2.59 bits per heavy atom. The number of pyridine rings is 1. The number of hydrogen-bond donors (Lipinski definition) is 3. The van der Waals surface area contributed by atoms with Gasteiger partial charge in [-0.05, 0) is 36.4 Å². The van der Waals surface area contributed by atoms with Crippen molar-refractivity contribution < 1.29 is 31.9 Å². The summed E-state index contributed by atoms with van der Waals surface area (Å²) in [5, 5.41) is 11.2. The number of ketones is 1. The Bertz CT molecular complexity index is 1520. The van der Waals surface area contributed by atoms with E-state index in [4.69, 9.17) is 4.74 Å². The van der Waals surface area contributed by atoms with E-state index in [1.165, 1.54) is 29.3 Å². The molecule has 9 nitrogen and oxygen atoms in total. The Labute approximate surface area is 218 Å². The molecule has 0 bridgehead atoms. The van der Waals surface area contributed by atoms with Gasteiger partial charge in [0.05, 0.1) is 29.7 Å². The van der Waals surface area contributed by atoms with E-state index >= 15 is 0 Å². The third-order valence-electron chi connectivity index (χ3n) is 5.84. The van der Waals surface area contributed by atoms with Crippen molar-refractivity contribution in [2.75, 3.05) is 28.6 Å². The van der Waals surface area contributed by atoms with Crippen molar-refractivity contribution in [1.82, 2.24) is 15.2 Å². The molecule has 2 aromatic carbocycles. The van der Waals surface area contributed by atoms with Crippen LogP contribution in [0.15, 0.2) is 67.1 Å². The van der Waals surface area contributed by atoms with Crippen LogP contribution in [-0.2, 0) is 11.0 Å². The van der Waals surface area contributed by atoms with Crippen LogP contribution in [0.4, 0.5) is 39.4 Å². The molecule has 3 N–H and O–H groups in total. The minimum atomic E-state index is -4.69. The predicted octanol–water partition coefficient (Wildman–Crippen LogP) is 5.85. The van der Waals surface area contributed by atoms with Gasteiger partial charge >= 0.3 is 12.2 Å². The number of nitrogens with one attached hydrogen (secondary N) is 3. The number of carbonyl (C=O) groups excluding carboxylic acids is 2. The van der Waals surface area contributed by atoms with Gasteiger partial charge in [0.2, 0.25) is 0 Å². The Morgan fingerprint density at radius 1 is 1.05 bits per heavy atom. The molecular formula is C26H20F4N6O3. The van der Waals surface area contributed by atoms with Gasteiger partial charge < -0.3 is 20.3 Å². The van der Waals surface area contributed by atoms with Crippen LogP contribution in [-0.4, -0.2) is 40.1 Å². The van der Waals surface area contributed by atoms with E-state index in [1.54, 1.807) is 24.5 Å². The average molecular weight is 540 g/mol. The molecule has 2 aromatic heterocycles. The normalized spacial score (nSPS) is 13.4. The highest BCUT2D eigenvalue weighted by Gasteiger charge is 2.32. The van der Waals surface area contributed by atoms with Gasteiger partial charge in [-0.1, -0.05) is 0 Å². The molecule has 0 aliphatic carbocycles. The minimum absolute atomic E-state index is 0.0218. The first-order valence-corrected chi connectivity index (χ1v) is 11.6. The molecule has 0 radical (unpaired) electrons. The van der Waals surface area contributed by atoms with Crippen molar-refractivity contribution in [2.45, 2.75) is 12.6 Å². The van der Waals surface area contributed by atoms with Crippen LogP contribution in [0, 0.1) is 5.82 Å². The number of rotatable bonds is 6. The number of anilines is 3. The third kappa shape index (κ3) is 6.14. The summed E-state index contributed by atoms with van der Waals surface area (Å²) >= 11 is 0. The smallest absolute Gasteiger partial charge is 0.416 e. The van der Waals surface area contributed by atoms with Gasteiger partial charge in [-0.25, -0.2) is 9.18 Å². The number of urea groups is 1. The van der Waals surface area contributed by atoms with Gasteiger partial charge in [-0.15, -0.1) is 0 Å². The Kier molecular flexibility index (Phi) is 6.88. The third-order valence-corrected chi connectivity index (χ3v) is 5.84. The van der Waals surface area contributed by atoms with E-state index in [1.807, 2.05) is 0 Å². The molecule has 3 heterocycles. The van der Waals surface area contributed by atoms with Crippen LogP contribution < -0.4 is 20.3 Å². The molecule has 13 heteroatoms. The van der Waals surface area contributed by atoms with Crippen LogP contribution in [0.2, 0.25) is 0 Å². The fourth-order valence-corrected chi connectivity index (χ4v) is 3.99. The Morgan fingerprint density at radius 2 is 1.87 bits per heavy atom. The number of ether oxygens (including phenoxy) is 1. The second-order valence-electron chi connectivity index (χ2n) is 8.66. The molecule has 1 saturated heterocycles. The zero-order valence-electron chi connectivity index (χ0n) is 20.1. The summed E-state index contributed by atoms with van der Waals surface area (Å²) < 4.78 is 60.7. The van der Waals surface area contributed by atoms with E-state index in [2.05, 4.69) is 25.8 Å². The van der Waals surface area contributed by atoms with Crippen molar-refractivity contribution >= 4 is 28.9 Å². The molecule has 0 spiro atoms. The zero-order valence-corrected chi connectivity index (χ0v) is 20.1. The maximum absolute atomic E-state index is 14.5. The average Bonchev–Trinajstić information content (AvgIpc) is 3.58. The number of amides is 2. The molecule has 0 unspecified atom stereocenters. The highest BCUT2D eigenvalue weighted by atomic mass is 19.4. The summed E-state index contributed by atoms with van der Waals surface area (Å²) in [6.45, 7) is 0.247. The molecule has 0 atom stereocenters. The summed E-state index contributed by atoms with van der Waals surface area (Å²) in [7, 11) is 0. The Balaban J connectivity index is 1.32. The second-order valence-corrected chi connectivity index (χ2v) is 8.66. The lowest BCUT2D eigenvalue weighted by Crippen LogP contribution is -2.23. The monoisotopic (exact) mass is 540 g/mol. The quantitative estimate of drug-likeness (QED) is 0.265. The number of H-pyrrole nitrogens is 1. The van der Waals surface area contributed by atoms with E-state index in [-0.39, 0.29) is 48.1 Å². The van der Waals surface area contributed by atoms with Crippen LogP contribution in [0.1, 0.15) is 12.0 Å². The number of carbonyl (C=O) groups is 2. The fourth-order valence-electron chi connectivity index (χ4n) is 3.99. The SMILES string of the molecule is O=C1CCN(c2cc(NC(=O)Nc3cc(Oc4ccnc(-c5cn[nH]c5)c4)ccc3F)cc(C(F)(F)F)c2)C1. The number of alkyl halides is 3. The summed E-state index contributed by atoms with van der Waals surface area (Å²) in [5.41, 5.74) is 0.0232. The molecule has 5 rings (SSSR count). The van der Waals surface area contributed by atoms with E-state index < -0.39 is 23.6 Å². The number of hydrogen-bond acceptors (Lipinski definition) is 6. The molecule has 4 aromatic rings. The standard InChI is InChI=1S/C26H20F4N6O3/c27-22-2-1-20(39-21-3-5-31-23(10-21)15-12-32-33-13-15)11-24(22)35-25(38)34-17-7-16(26(28,29)30)8-18(9-17)36-6-4-19(37)14-36/h1-3,5,7-13H,4,6,14H2,(H,32,33)(H2,34,35,38). The molecule has 1 aliphatic heterocycles. The highest BCUT2D eigenvalue weighted by Crippen LogP contribution is 2.35. The first-order valence-electron chi connectivity index (χ1n) is 11.6. The van der Waals surface area contributed by atoms with Crippen molar-refractivity contribution in [3.8, 4) is 22.8 Å². The molecule has 2 amide bonds. The predicted molar refractivity (Wildman–Crippen MR) is 134 cm³/mol. The topological polar surface area (TPSA) is 112 Å². The van der Waals surface area contributed by atoms with E-state index in [0.717, 1.165) is 23.8 Å². The molecule has 39 heavy (non-hydrogen) atoms. The minimum Gasteiger partial charge on any atom is -0.457 e. The van der Waals surface area contributed by atoms with Crippen molar-refractivity contribution in [3.05, 3.63) is 78.5 Å². The van der Waals surface area contributed by atoms with Crippen molar-refractivity contribution in [1.29, 1.82) is 0 Å². The van der Waals surface area contributed by atoms with E-state index in [9.17, 15) is 27.2 Å². The number of aromatic nitrogens is 3. The molecule has 200 valence electrons. The zero-order chi connectivity index (χ0) is 27.6. The lowest BCUT2D eigenvalue weighted by molar-refractivity contribution is -0.137. The van der Waals surface area contributed by atoms with Gasteiger partial charge in [-0.2, -0.15) is 18.3 Å². The maximum atomic E-state index is 14.5. The summed E-state index contributed by atoms with van der Waals surface area (Å²) in [6, 6.07) is 8.93. The first-order chi connectivity index (χ1) is 18.6. The number of benzene rings is 2. The van der Waals surface area contributed by atoms with Gasteiger partial charge in [0.1, 0.15) is 17.3 Å². The number of aromatic amines is 1. The van der Waals surface area contributed by atoms with Crippen molar-refractivity contribution in [3.63, 3.8) is 0 Å². The highest BCUT2D eigenvalue weighted by molar-refractivity contribution is 6.00. The lowest BCUT2D eigenvalue weighted by atomic mass is 10.1. The largest absolute Gasteiger partial charge is 0.457 e. The summed E-state index contributed by atoms with van der Waals surface area (Å²) in [6.07, 6.45) is 0.302. The maximum Gasteiger partial charge on any atom is 0.416 e. The van der Waals surface area contributed by atoms with E-state index in [0.29, 0.717) is 11.4 Å². The molecule has 1 aliphatic rings. The summed E-state index contributed by atoms with van der Waals surface area (Å²) in [5.74, 6) is -0.301. The second kappa shape index (κ2) is 10.4. The van der Waals surface area contributed by atoms with Crippen LogP contribution >= 0.6 is 0 Å². The molecular weight excluding hydrogens is 520 g/mol. The van der Waals surface area contributed by atoms with Gasteiger partial charge in [0.15, 0.2) is 5.78 Å². The van der Waals surface area contributed by atoms with Gasteiger partial charge in [0.25, 0.3) is 0 Å². The van der Waals surface area contributed by atoms with Gasteiger partial charge in [0, 0.05) is 54.4 Å². The van der Waals surface area contributed by atoms with Crippen LogP contribution in [0.25, 0.3) is 11.3 Å². The first kappa shape index (κ1) is 25.7. The lowest BCUT2D eigenvalue weighted by Gasteiger charge is -2.20. The number of nitrogens with zero attached hydrogens (tertiary/aromatic N) is 3. The van der Waals surface area contributed by atoms with Crippen LogP contribution in [0.5, 0.6) is 11.5 Å². The number of Topliss-reactive ketones (excluding diaryl/α,β-unsaturated/α-hetero) is 1. The molecule has 1 fully saturated rings.